The molecular weight excluding hydrogens is 340 g/mol. The van der Waals surface area contributed by atoms with Gasteiger partial charge < -0.3 is 20.1 Å². The van der Waals surface area contributed by atoms with Crippen LogP contribution in [0.4, 0.5) is 0 Å². The maximum absolute atomic E-state index is 5.48. The Morgan fingerprint density at radius 1 is 1.19 bits per heavy atom. The van der Waals surface area contributed by atoms with E-state index in [1.807, 2.05) is 0 Å². The molecule has 2 N–H and O–H groups in total. The highest BCUT2D eigenvalue weighted by Crippen LogP contribution is 2.22. The summed E-state index contributed by atoms with van der Waals surface area (Å²) < 4.78 is 5.48. The lowest BCUT2D eigenvalue weighted by Gasteiger charge is -2.36. The van der Waals surface area contributed by atoms with Gasteiger partial charge in [-0.25, -0.2) is 4.99 Å². The number of hydrogen-bond acceptors (Lipinski definition) is 5. The second-order valence-electron chi connectivity index (χ2n) is 7.50. The van der Waals surface area contributed by atoms with E-state index >= 15 is 0 Å². The van der Waals surface area contributed by atoms with Crippen LogP contribution >= 0.6 is 0 Å². The number of aliphatic imine (C=N–C) groups is 1. The average Bonchev–Trinajstić information content (AvgIpc) is 3.14. The molecule has 2 heterocycles. The fourth-order valence-corrected chi connectivity index (χ4v) is 3.44. The molecule has 1 aromatic heterocycles. The zero-order valence-corrected chi connectivity index (χ0v) is 17.8. The van der Waals surface area contributed by atoms with E-state index in [1.165, 1.54) is 0 Å². The first-order valence-corrected chi connectivity index (χ1v) is 10.5. The van der Waals surface area contributed by atoms with Crippen LogP contribution in [0.1, 0.15) is 57.9 Å². The summed E-state index contributed by atoms with van der Waals surface area (Å²) in [5.41, 5.74) is 1.05. The van der Waals surface area contributed by atoms with Gasteiger partial charge in [0.15, 0.2) is 11.7 Å². The first-order valence-electron chi connectivity index (χ1n) is 10.5. The Kier molecular flexibility index (Phi) is 9.07. The van der Waals surface area contributed by atoms with E-state index in [4.69, 9.17) is 4.52 Å². The van der Waals surface area contributed by atoms with E-state index in [0.717, 1.165) is 69.5 Å². The predicted octanol–water partition coefficient (Wildman–Crippen LogP) is 2.27. The molecule has 0 amide bonds. The second kappa shape index (κ2) is 11.3. The first-order chi connectivity index (χ1) is 13.1. The average molecular weight is 379 g/mol. The largest absolute Gasteiger partial charge is 0.359 e. The normalized spacial score (nSPS) is 18.1. The fourth-order valence-electron chi connectivity index (χ4n) is 3.44. The maximum Gasteiger partial charge on any atom is 0.191 e. The van der Waals surface area contributed by atoms with Gasteiger partial charge in [-0.1, -0.05) is 19.0 Å². The third kappa shape index (κ3) is 6.81. The highest BCUT2D eigenvalue weighted by atomic mass is 16.5. The molecule has 154 valence electrons. The summed E-state index contributed by atoms with van der Waals surface area (Å²) in [4.78, 5) is 9.59. The molecular formula is C20H38N6O. The zero-order valence-electron chi connectivity index (χ0n) is 17.8. The van der Waals surface area contributed by atoms with Crippen molar-refractivity contribution in [3.8, 4) is 0 Å². The molecule has 1 aliphatic heterocycles. The van der Waals surface area contributed by atoms with Crippen molar-refractivity contribution in [1.82, 2.24) is 25.6 Å². The summed E-state index contributed by atoms with van der Waals surface area (Å²) in [6, 6.07) is 2.53. The van der Waals surface area contributed by atoms with Crippen LogP contribution in [0.3, 0.4) is 0 Å². The summed E-state index contributed by atoms with van der Waals surface area (Å²) in [5.74, 6) is 2.13. The number of nitrogens with zero attached hydrogens (tertiary/aromatic N) is 4. The summed E-state index contributed by atoms with van der Waals surface area (Å²) >= 11 is 0. The molecule has 0 spiro atoms. The Hall–Kier alpha value is -1.60. The minimum Gasteiger partial charge on any atom is -0.359 e. The first kappa shape index (κ1) is 21.7. The maximum atomic E-state index is 5.48. The molecule has 1 fully saturated rings. The Labute approximate surface area is 164 Å². The molecule has 7 heteroatoms. The Morgan fingerprint density at radius 2 is 1.89 bits per heavy atom. The molecule has 1 saturated heterocycles. The Balaban J connectivity index is 1.86. The number of rotatable bonds is 9. The van der Waals surface area contributed by atoms with Gasteiger partial charge in [-0.15, -0.1) is 0 Å². The Bertz CT molecular complexity index is 561. The highest BCUT2D eigenvalue weighted by molar-refractivity contribution is 5.79. The van der Waals surface area contributed by atoms with E-state index in [9.17, 15) is 0 Å². The van der Waals surface area contributed by atoms with E-state index in [0.29, 0.717) is 18.5 Å². The summed E-state index contributed by atoms with van der Waals surface area (Å²) in [6.45, 7) is 15.5. The van der Waals surface area contributed by atoms with E-state index in [1.54, 1.807) is 0 Å². The standard InChI is InChI=1S/C20H38N6O/c1-6-17(7-2)19-13-18(27-24-19)15-23-20(21-8-3)22-14-16(4)26-11-9-25(5)10-12-26/h13,16-17H,6-12,14-15H2,1-5H3,(H2,21,22,23). The van der Waals surface area contributed by atoms with Crippen LogP contribution in [-0.4, -0.2) is 73.3 Å². The highest BCUT2D eigenvalue weighted by Gasteiger charge is 2.19. The van der Waals surface area contributed by atoms with Crippen molar-refractivity contribution in [2.45, 2.75) is 59.0 Å². The van der Waals surface area contributed by atoms with Gasteiger partial charge in [0.1, 0.15) is 6.54 Å². The second-order valence-corrected chi connectivity index (χ2v) is 7.50. The number of guanidine groups is 1. The SMILES string of the molecule is CCNC(=NCc1cc(C(CC)CC)no1)NCC(C)N1CCN(C)CC1. The van der Waals surface area contributed by atoms with Gasteiger partial charge >= 0.3 is 0 Å². The number of nitrogens with one attached hydrogen (secondary N) is 2. The lowest BCUT2D eigenvalue weighted by Crippen LogP contribution is -2.52. The van der Waals surface area contributed by atoms with Gasteiger partial charge in [0, 0.05) is 57.3 Å². The molecule has 0 aliphatic carbocycles. The van der Waals surface area contributed by atoms with Crippen LogP contribution in [0, 0.1) is 0 Å². The van der Waals surface area contributed by atoms with Crippen molar-refractivity contribution in [1.29, 1.82) is 0 Å². The zero-order chi connectivity index (χ0) is 19.6. The third-order valence-corrected chi connectivity index (χ3v) is 5.44. The molecule has 0 radical (unpaired) electrons. The van der Waals surface area contributed by atoms with Gasteiger partial charge in [0.25, 0.3) is 0 Å². The fraction of sp³-hybridized carbons (Fsp3) is 0.800. The van der Waals surface area contributed by atoms with Gasteiger partial charge in [-0.05, 0) is 33.7 Å². The van der Waals surface area contributed by atoms with Crippen LogP contribution in [0.15, 0.2) is 15.6 Å². The third-order valence-electron chi connectivity index (χ3n) is 5.44. The number of likely N-dealkylation sites (N-methyl/N-ethyl adjacent to an activating group) is 1. The van der Waals surface area contributed by atoms with Crippen LogP contribution in [0.2, 0.25) is 0 Å². The van der Waals surface area contributed by atoms with E-state index in [-0.39, 0.29) is 0 Å². The molecule has 1 aliphatic rings. The molecule has 0 saturated carbocycles. The summed E-state index contributed by atoms with van der Waals surface area (Å²) in [7, 11) is 2.19. The lowest BCUT2D eigenvalue weighted by atomic mass is 9.99. The quantitative estimate of drug-likeness (QED) is 0.507. The minimum atomic E-state index is 0.474. The molecule has 27 heavy (non-hydrogen) atoms. The monoisotopic (exact) mass is 378 g/mol. The van der Waals surface area contributed by atoms with Gasteiger partial charge in [-0.3, -0.25) is 4.90 Å². The van der Waals surface area contributed by atoms with Crippen molar-refractivity contribution in [3.05, 3.63) is 17.5 Å². The molecule has 1 atom stereocenters. The molecule has 0 bridgehead atoms. The van der Waals surface area contributed by atoms with Crippen LogP contribution in [0.25, 0.3) is 0 Å². The van der Waals surface area contributed by atoms with Gasteiger partial charge in [0.05, 0.1) is 5.69 Å². The van der Waals surface area contributed by atoms with Gasteiger partial charge in [0.2, 0.25) is 0 Å². The summed E-state index contributed by atoms with van der Waals surface area (Å²) in [6.07, 6.45) is 2.17. The molecule has 7 nitrogen and oxygen atoms in total. The molecule has 0 aromatic carbocycles. The smallest absolute Gasteiger partial charge is 0.191 e. The molecule has 2 rings (SSSR count). The Morgan fingerprint density at radius 3 is 2.52 bits per heavy atom. The van der Waals surface area contributed by atoms with Crippen molar-refractivity contribution < 1.29 is 4.52 Å². The van der Waals surface area contributed by atoms with Crippen molar-refractivity contribution in [2.75, 3.05) is 46.3 Å². The molecule has 1 unspecified atom stereocenters. The lowest BCUT2D eigenvalue weighted by molar-refractivity contribution is 0.120. The van der Waals surface area contributed by atoms with Crippen LogP contribution in [0.5, 0.6) is 0 Å². The summed E-state index contributed by atoms with van der Waals surface area (Å²) in [5, 5.41) is 11.0. The van der Waals surface area contributed by atoms with Crippen molar-refractivity contribution in [2.24, 2.45) is 4.99 Å². The topological polar surface area (TPSA) is 68.9 Å². The van der Waals surface area contributed by atoms with E-state index in [2.05, 4.69) is 71.4 Å². The van der Waals surface area contributed by atoms with Crippen molar-refractivity contribution >= 4 is 5.96 Å². The van der Waals surface area contributed by atoms with Crippen molar-refractivity contribution in [3.63, 3.8) is 0 Å². The number of hydrogen-bond donors (Lipinski definition) is 2. The number of piperazine rings is 1. The van der Waals surface area contributed by atoms with E-state index < -0.39 is 0 Å². The van der Waals surface area contributed by atoms with Gasteiger partial charge in [-0.2, -0.15) is 0 Å². The van der Waals surface area contributed by atoms with Crippen LogP contribution in [-0.2, 0) is 6.54 Å². The predicted molar refractivity (Wildman–Crippen MR) is 111 cm³/mol. The molecule has 1 aromatic rings. The minimum absolute atomic E-state index is 0.474. The number of aromatic nitrogens is 1. The van der Waals surface area contributed by atoms with Crippen LogP contribution < -0.4 is 10.6 Å².